The highest BCUT2D eigenvalue weighted by Gasteiger charge is 2.84. The van der Waals surface area contributed by atoms with Gasteiger partial charge >= 0.3 is 33.0 Å². The number of rotatable bonds is 13. The molecule has 0 saturated heterocycles. The molecule has 1 radical (unpaired) electrons. The molecule has 0 aliphatic heterocycles. The van der Waals surface area contributed by atoms with Crippen LogP contribution in [0.5, 0.6) is 0 Å². The fraction of sp³-hybridized carbons (Fsp3) is 1.00. The molecular formula is C13H16F13O2Si. The predicted molar refractivity (Wildman–Crippen MR) is 74.3 cm³/mol. The quantitative estimate of drug-likeness (QED) is 0.261. The van der Waals surface area contributed by atoms with Crippen molar-refractivity contribution in [3.8, 4) is 0 Å². The third kappa shape index (κ3) is 5.48. The van der Waals surface area contributed by atoms with Gasteiger partial charge in [0.25, 0.3) is 6.43 Å². The lowest BCUT2D eigenvalue weighted by Gasteiger charge is -2.39. The molecule has 3 atom stereocenters. The van der Waals surface area contributed by atoms with Gasteiger partial charge < -0.3 is 8.85 Å². The van der Waals surface area contributed by atoms with Gasteiger partial charge in [-0.3, -0.25) is 0 Å². The van der Waals surface area contributed by atoms with E-state index in [-0.39, 0.29) is 13.2 Å². The van der Waals surface area contributed by atoms with Gasteiger partial charge in [0, 0.05) is 19.3 Å². The predicted octanol–water partition coefficient (Wildman–Crippen LogP) is 5.37. The smallest absolute Gasteiger partial charge is 0.387 e. The van der Waals surface area contributed by atoms with Crippen molar-refractivity contribution in [3.63, 3.8) is 0 Å². The van der Waals surface area contributed by atoms with E-state index in [4.69, 9.17) is 0 Å². The SMILES string of the molecule is CCO[Si](CC(F)C(F)(F)C(F)(F)C(F)(F)C(F)(F)C(F)C(F)C(F)F)OCC. The first-order chi connectivity index (χ1) is 12.9. The van der Waals surface area contributed by atoms with E-state index in [0.717, 1.165) is 0 Å². The molecule has 0 aliphatic carbocycles. The highest BCUT2D eigenvalue weighted by Crippen LogP contribution is 2.56. The second-order valence-electron chi connectivity index (χ2n) is 5.49. The molecule has 0 rings (SSSR count). The molecule has 0 aromatic rings. The minimum absolute atomic E-state index is 0.285. The topological polar surface area (TPSA) is 18.5 Å². The minimum Gasteiger partial charge on any atom is -0.394 e. The van der Waals surface area contributed by atoms with Gasteiger partial charge in [-0.25, -0.2) is 22.0 Å². The van der Waals surface area contributed by atoms with Crippen molar-refractivity contribution in [1.29, 1.82) is 0 Å². The molecule has 3 unspecified atom stereocenters. The average molecular weight is 479 g/mol. The van der Waals surface area contributed by atoms with Crippen LogP contribution in [-0.4, -0.2) is 71.1 Å². The Morgan fingerprint density at radius 2 is 1.07 bits per heavy atom. The number of hydrogen-bond donors (Lipinski definition) is 0. The fourth-order valence-corrected chi connectivity index (χ4v) is 3.38. The van der Waals surface area contributed by atoms with E-state index in [1.807, 2.05) is 0 Å². The van der Waals surface area contributed by atoms with E-state index in [1.165, 1.54) is 13.8 Å². The molecule has 0 aromatic carbocycles. The average Bonchev–Trinajstić information content (AvgIpc) is 2.59. The first-order valence-corrected chi connectivity index (χ1v) is 9.28. The van der Waals surface area contributed by atoms with Crippen LogP contribution in [0.3, 0.4) is 0 Å². The molecule has 0 aliphatic rings. The molecule has 175 valence electrons. The molecule has 16 heteroatoms. The van der Waals surface area contributed by atoms with Crippen molar-refractivity contribution in [1.82, 2.24) is 0 Å². The second kappa shape index (κ2) is 10.0. The van der Waals surface area contributed by atoms with Crippen LogP contribution in [0.15, 0.2) is 0 Å². The first-order valence-electron chi connectivity index (χ1n) is 7.76. The molecule has 0 N–H and O–H groups in total. The van der Waals surface area contributed by atoms with Gasteiger partial charge in [-0.15, -0.1) is 0 Å². The Morgan fingerprint density at radius 3 is 1.41 bits per heavy atom. The maximum atomic E-state index is 13.7. The maximum Gasteiger partial charge on any atom is 0.387 e. The first kappa shape index (κ1) is 28.2. The molecule has 0 spiro atoms. The Hall–Kier alpha value is -0.773. The van der Waals surface area contributed by atoms with Gasteiger partial charge in [0.15, 0.2) is 12.3 Å². The van der Waals surface area contributed by atoms with Gasteiger partial charge in [0.05, 0.1) is 0 Å². The third-order valence-electron chi connectivity index (χ3n) is 3.45. The minimum atomic E-state index is -7.45. The van der Waals surface area contributed by atoms with Gasteiger partial charge in [0.2, 0.25) is 6.17 Å². The van der Waals surface area contributed by atoms with E-state index in [1.54, 1.807) is 0 Å². The summed E-state index contributed by atoms with van der Waals surface area (Å²) in [5.74, 6) is -28.3. The normalized spacial score (nSPS) is 17.7. The number of hydrogen-bond acceptors (Lipinski definition) is 2. The summed E-state index contributed by atoms with van der Waals surface area (Å²) in [6.45, 7) is 1.95. The molecule has 0 aromatic heterocycles. The molecule has 0 bridgehead atoms. The Morgan fingerprint density at radius 1 is 0.690 bits per heavy atom. The van der Waals surface area contributed by atoms with Crippen molar-refractivity contribution in [3.05, 3.63) is 0 Å². The lowest BCUT2D eigenvalue weighted by molar-refractivity contribution is -0.386. The van der Waals surface area contributed by atoms with E-state index < -0.39 is 64.0 Å². The monoisotopic (exact) mass is 479 g/mol. The van der Waals surface area contributed by atoms with Crippen molar-refractivity contribution < 1.29 is 65.9 Å². The standard InChI is InChI=1S/C13H16F13O2Si/c1-3-27-29(28-4-2)5-6(14)10(19,20)12(23,24)13(25,26)11(21,22)8(16)7(15)9(17)18/h6-9H,3-5H2,1-2H3. The van der Waals surface area contributed by atoms with Crippen molar-refractivity contribution in [2.45, 2.75) is 68.5 Å². The summed E-state index contributed by atoms with van der Waals surface area (Å²) >= 11 is 0. The molecule has 2 nitrogen and oxygen atoms in total. The van der Waals surface area contributed by atoms with Crippen LogP contribution in [0.2, 0.25) is 6.04 Å². The third-order valence-corrected chi connectivity index (χ3v) is 5.36. The fourth-order valence-electron chi connectivity index (χ4n) is 1.87. The van der Waals surface area contributed by atoms with Crippen LogP contribution in [-0.2, 0) is 8.85 Å². The summed E-state index contributed by atoms with van der Waals surface area (Å²) in [7, 11) is -3.06. The largest absolute Gasteiger partial charge is 0.394 e. The van der Waals surface area contributed by atoms with Gasteiger partial charge in [-0.1, -0.05) is 0 Å². The van der Waals surface area contributed by atoms with E-state index in [2.05, 4.69) is 8.85 Å². The van der Waals surface area contributed by atoms with Gasteiger partial charge in [-0.05, 0) is 13.8 Å². The van der Waals surface area contributed by atoms with Crippen LogP contribution in [0.25, 0.3) is 0 Å². The summed E-state index contributed by atoms with van der Waals surface area (Å²) < 4.78 is 181. The Kier molecular flexibility index (Phi) is 9.76. The number of halogens is 13. The van der Waals surface area contributed by atoms with Crippen LogP contribution in [0.1, 0.15) is 13.8 Å². The summed E-state index contributed by atoms with van der Waals surface area (Å²) in [6, 6.07) is -1.72. The van der Waals surface area contributed by atoms with Gasteiger partial charge in [0.1, 0.15) is 0 Å². The van der Waals surface area contributed by atoms with Crippen molar-refractivity contribution in [2.75, 3.05) is 13.2 Å². The zero-order valence-electron chi connectivity index (χ0n) is 14.7. The molecular weight excluding hydrogens is 463 g/mol. The Labute approximate surface area is 158 Å². The molecule has 0 heterocycles. The molecule has 0 fully saturated rings. The zero-order valence-corrected chi connectivity index (χ0v) is 15.7. The van der Waals surface area contributed by atoms with Crippen LogP contribution in [0.4, 0.5) is 57.1 Å². The highest BCUT2D eigenvalue weighted by atomic mass is 28.3. The summed E-state index contributed by atoms with van der Waals surface area (Å²) in [5, 5.41) is 0. The second-order valence-corrected chi connectivity index (χ2v) is 7.21. The van der Waals surface area contributed by atoms with Crippen molar-refractivity contribution >= 4 is 9.28 Å². The highest BCUT2D eigenvalue weighted by molar-refractivity contribution is 6.44. The zero-order chi connectivity index (χ0) is 23.4. The van der Waals surface area contributed by atoms with Crippen LogP contribution in [0, 0.1) is 0 Å². The lowest BCUT2D eigenvalue weighted by Crippen LogP contribution is -2.68. The van der Waals surface area contributed by atoms with Gasteiger partial charge in [-0.2, -0.15) is 35.1 Å². The molecule has 29 heavy (non-hydrogen) atoms. The maximum absolute atomic E-state index is 13.7. The lowest BCUT2D eigenvalue weighted by atomic mass is 9.92. The van der Waals surface area contributed by atoms with Crippen LogP contribution >= 0.6 is 0 Å². The van der Waals surface area contributed by atoms with E-state index in [0.29, 0.717) is 0 Å². The molecule has 0 amide bonds. The van der Waals surface area contributed by atoms with E-state index >= 15 is 0 Å². The summed E-state index contributed by atoms with van der Waals surface area (Å²) in [5.41, 5.74) is 0. The van der Waals surface area contributed by atoms with Crippen LogP contribution < -0.4 is 0 Å². The summed E-state index contributed by atoms with van der Waals surface area (Å²) in [6.07, 6.45) is -18.9. The number of alkyl halides is 13. The Balaban J connectivity index is 5.89. The van der Waals surface area contributed by atoms with E-state index in [9.17, 15) is 57.1 Å². The Bertz CT molecular complexity index is 499. The van der Waals surface area contributed by atoms with Crippen molar-refractivity contribution in [2.24, 2.45) is 0 Å². The summed E-state index contributed by atoms with van der Waals surface area (Å²) in [4.78, 5) is 0. The molecule has 0 saturated carbocycles.